The van der Waals surface area contributed by atoms with Gasteiger partial charge in [0.1, 0.15) is 5.52 Å². The molecule has 0 aliphatic carbocycles. The van der Waals surface area contributed by atoms with Gasteiger partial charge in [0.05, 0.1) is 0 Å². The molecule has 0 aliphatic heterocycles. The molecule has 5 N–H and O–H groups in total. The van der Waals surface area contributed by atoms with E-state index in [2.05, 4.69) is 15.4 Å². The molecular formula is C7H8N5O+. The zero-order chi connectivity index (χ0) is 9.26. The van der Waals surface area contributed by atoms with Crippen molar-refractivity contribution in [3.05, 3.63) is 18.2 Å². The van der Waals surface area contributed by atoms with Crippen LogP contribution in [0.1, 0.15) is 0 Å². The Labute approximate surface area is 73.2 Å². The summed E-state index contributed by atoms with van der Waals surface area (Å²) in [6.45, 7) is 0. The highest BCUT2D eigenvalue weighted by Crippen LogP contribution is 2.20. The fourth-order valence-corrected chi connectivity index (χ4v) is 1.05. The van der Waals surface area contributed by atoms with Crippen molar-refractivity contribution in [2.45, 2.75) is 0 Å². The highest BCUT2D eigenvalue weighted by atomic mass is 16.5. The predicted octanol–water partition coefficient (Wildman–Crippen LogP) is -1.59. The molecule has 0 amide bonds. The van der Waals surface area contributed by atoms with E-state index < -0.39 is 0 Å². The highest BCUT2D eigenvalue weighted by Gasteiger charge is 2.07. The number of benzene rings is 1. The predicted molar refractivity (Wildman–Crippen MR) is 45.6 cm³/mol. The normalized spacial score (nSPS) is 10.2. The molecule has 0 spiro atoms. The summed E-state index contributed by atoms with van der Waals surface area (Å²) in [6, 6.07) is 5.18. The second-order valence-corrected chi connectivity index (χ2v) is 2.45. The summed E-state index contributed by atoms with van der Waals surface area (Å²) < 4.78 is 5.04. The van der Waals surface area contributed by atoms with Crippen molar-refractivity contribution in [3.63, 3.8) is 0 Å². The fourth-order valence-electron chi connectivity index (χ4n) is 1.05. The molecule has 0 saturated heterocycles. The third-order valence-electron chi connectivity index (χ3n) is 1.54. The first-order valence-electron chi connectivity index (χ1n) is 3.62. The van der Waals surface area contributed by atoms with Crippen molar-refractivity contribution in [2.24, 2.45) is 5.73 Å². The van der Waals surface area contributed by atoms with Gasteiger partial charge in [0, 0.05) is 0 Å². The van der Waals surface area contributed by atoms with Crippen LogP contribution >= 0.6 is 0 Å². The standard InChI is InChI=1S/C7H7N5O/c8-7(9)13-5-3-1-2-4-6(5)11-12-10-4/h1-3H,(H3,8,9)(H,10,11,12)/p+1. The summed E-state index contributed by atoms with van der Waals surface area (Å²) in [5, 5.41) is 15.4. The van der Waals surface area contributed by atoms with Crippen molar-refractivity contribution >= 4 is 17.1 Å². The summed E-state index contributed by atoms with van der Waals surface area (Å²) >= 11 is 0. The van der Waals surface area contributed by atoms with Crippen LogP contribution in [0.5, 0.6) is 5.75 Å². The van der Waals surface area contributed by atoms with E-state index in [1.54, 1.807) is 18.2 Å². The Bertz CT molecular complexity index is 449. The zero-order valence-corrected chi connectivity index (χ0v) is 6.69. The Hall–Kier alpha value is -2.11. The zero-order valence-electron chi connectivity index (χ0n) is 6.69. The van der Waals surface area contributed by atoms with Crippen LogP contribution < -0.4 is 15.9 Å². The van der Waals surface area contributed by atoms with E-state index in [0.717, 1.165) is 0 Å². The fraction of sp³-hybridized carbons (Fsp3) is 0. The van der Waals surface area contributed by atoms with Crippen molar-refractivity contribution in [3.8, 4) is 5.75 Å². The number of nitrogens with two attached hydrogens (primary N) is 2. The number of ether oxygens (including phenoxy) is 1. The summed E-state index contributed by atoms with van der Waals surface area (Å²) in [5.74, 6) is 0.492. The second kappa shape index (κ2) is 2.74. The molecule has 66 valence electrons. The van der Waals surface area contributed by atoms with Crippen molar-refractivity contribution in [1.29, 1.82) is 0 Å². The Balaban J connectivity index is 2.54. The quantitative estimate of drug-likeness (QED) is 0.362. The topological polar surface area (TPSA) is 102 Å². The minimum absolute atomic E-state index is 0.115. The molecule has 2 aromatic rings. The molecule has 0 unspecified atom stereocenters. The smallest absolute Gasteiger partial charge is 0.390 e. The van der Waals surface area contributed by atoms with Crippen LogP contribution in [0.3, 0.4) is 0 Å². The number of nitrogens with one attached hydrogen (secondary N) is 1. The highest BCUT2D eigenvalue weighted by molar-refractivity contribution is 5.83. The van der Waals surface area contributed by atoms with Gasteiger partial charge in [0.25, 0.3) is 0 Å². The average Bonchev–Trinajstić information content (AvgIpc) is 2.51. The van der Waals surface area contributed by atoms with Crippen LogP contribution in [0, 0.1) is 0 Å². The number of aromatic amines is 1. The molecular weight excluding hydrogens is 170 g/mol. The maximum Gasteiger partial charge on any atom is 0.443 e. The number of fused-ring (bicyclic) bond motifs is 1. The van der Waals surface area contributed by atoms with Crippen molar-refractivity contribution in [2.75, 3.05) is 0 Å². The maximum atomic E-state index is 5.20. The van der Waals surface area contributed by atoms with Crippen LogP contribution in [-0.4, -0.2) is 21.4 Å². The summed E-state index contributed by atoms with van der Waals surface area (Å²) in [5.41, 5.74) is 6.51. The van der Waals surface area contributed by atoms with E-state index in [1.807, 2.05) is 0 Å². The van der Waals surface area contributed by atoms with Crippen molar-refractivity contribution < 1.29 is 10.1 Å². The molecule has 6 heteroatoms. The van der Waals surface area contributed by atoms with Gasteiger partial charge in [0.15, 0.2) is 11.3 Å². The molecule has 6 nitrogen and oxygen atoms in total. The van der Waals surface area contributed by atoms with Gasteiger partial charge in [-0.05, 0) is 12.1 Å². The Morgan fingerprint density at radius 3 is 3.08 bits per heavy atom. The number of rotatable bonds is 1. The van der Waals surface area contributed by atoms with Gasteiger partial charge >= 0.3 is 6.02 Å². The van der Waals surface area contributed by atoms with E-state index in [0.29, 0.717) is 16.8 Å². The lowest BCUT2D eigenvalue weighted by Gasteiger charge is -1.97. The molecule has 0 radical (unpaired) electrons. The molecule has 0 saturated carbocycles. The largest absolute Gasteiger partial charge is 0.443 e. The molecule has 13 heavy (non-hydrogen) atoms. The van der Waals surface area contributed by atoms with Gasteiger partial charge in [-0.25, -0.2) is 0 Å². The molecule has 2 rings (SSSR count). The van der Waals surface area contributed by atoms with Crippen LogP contribution in [0.4, 0.5) is 0 Å². The number of nitrogens with zero attached hydrogens (tertiary/aromatic N) is 2. The minimum atomic E-state index is -0.115. The third-order valence-corrected chi connectivity index (χ3v) is 1.54. The number of amidine groups is 1. The Morgan fingerprint density at radius 1 is 1.46 bits per heavy atom. The summed E-state index contributed by atoms with van der Waals surface area (Å²) in [6.07, 6.45) is 0. The lowest BCUT2D eigenvalue weighted by Crippen LogP contribution is -2.49. The van der Waals surface area contributed by atoms with Crippen LogP contribution in [0.2, 0.25) is 0 Å². The van der Waals surface area contributed by atoms with E-state index in [-0.39, 0.29) is 6.02 Å². The molecule has 1 aromatic heterocycles. The first-order chi connectivity index (χ1) is 6.27. The molecule has 1 aromatic carbocycles. The van der Waals surface area contributed by atoms with Crippen LogP contribution in [0.25, 0.3) is 11.0 Å². The Morgan fingerprint density at radius 2 is 2.31 bits per heavy atom. The Kier molecular flexibility index (Phi) is 1.59. The summed E-state index contributed by atoms with van der Waals surface area (Å²) in [4.78, 5) is 0. The first-order valence-corrected chi connectivity index (χ1v) is 3.62. The number of H-pyrrole nitrogens is 1. The van der Waals surface area contributed by atoms with Gasteiger partial charge in [0.2, 0.25) is 0 Å². The molecule has 0 aliphatic rings. The monoisotopic (exact) mass is 178 g/mol. The number of hydrogen-bond acceptors (Lipinski definition) is 3. The number of hydrogen-bond donors (Lipinski definition) is 3. The van der Waals surface area contributed by atoms with Crippen molar-refractivity contribution in [1.82, 2.24) is 15.4 Å². The van der Waals surface area contributed by atoms with Gasteiger partial charge in [-0.15, -0.1) is 0 Å². The minimum Gasteiger partial charge on any atom is -0.390 e. The van der Waals surface area contributed by atoms with Crippen LogP contribution in [-0.2, 0) is 0 Å². The third kappa shape index (κ3) is 1.28. The van der Waals surface area contributed by atoms with Gasteiger partial charge in [-0.1, -0.05) is 6.07 Å². The van der Waals surface area contributed by atoms with Gasteiger partial charge < -0.3 is 4.74 Å². The second-order valence-electron chi connectivity index (χ2n) is 2.45. The number of aromatic nitrogens is 3. The number of para-hydroxylation sites is 1. The molecule has 0 bridgehead atoms. The lowest BCUT2D eigenvalue weighted by atomic mass is 10.3. The lowest BCUT2D eigenvalue weighted by molar-refractivity contribution is -0.133. The SMILES string of the molecule is NC(=[NH2+])Oc1cccc2n[nH]nc12. The molecule has 1 heterocycles. The van der Waals surface area contributed by atoms with Gasteiger partial charge in [-0.3, -0.25) is 11.1 Å². The van der Waals surface area contributed by atoms with E-state index in [9.17, 15) is 0 Å². The average molecular weight is 178 g/mol. The first kappa shape index (κ1) is 7.53. The molecule has 0 atom stereocenters. The van der Waals surface area contributed by atoms with Crippen LogP contribution in [0.15, 0.2) is 18.2 Å². The van der Waals surface area contributed by atoms with E-state index in [4.69, 9.17) is 15.9 Å². The van der Waals surface area contributed by atoms with E-state index in [1.165, 1.54) is 0 Å². The van der Waals surface area contributed by atoms with E-state index >= 15 is 0 Å². The maximum absolute atomic E-state index is 5.20. The van der Waals surface area contributed by atoms with Gasteiger partial charge in [-0.2, -0.15) is 15.4 Å². The summed E-state index contributed by atoms with van der Waals surface area (Å²) in [7, 11) is 0. The molecule has 0 fully saturated rings.